The SMILES string of the molecule is Cc1cc(S(=O)(=O)N(C)C(C)C2CC2)ccc1Br. The Hall–Kier alpha value is -0.390. The fourth-order valence-electron chi connectivity index (χ4n) is 2.04. The quantitative estimate of drug-likeness (QED) is 0.849. The third-order valence-electron chi connectivity index (χ3n) is 3.68. The molecule has 3 nitrogen and oxygen atoms in total. The van der Waals surface area contributed by atoms with Crippen LogP contribution in [-0.2, 0) is 10.0 Å². The van der Waals surface area contributed by atoms with E-state index in [4.69, 9.17) is 0 Å². The van der Waals surface area contributed by atoms with E-state index in [0.29, 0.717) is 10.8 Å². The standard InChI is InChI=1S/C13H18BrNO2S/c1-9-8-12(6-7-13(9)14)18(16,17)15(3)10(2)11-4-5-11/h6-8,10-11H,4-5H2,1-3H3. The van der Waals surface area contributed by atoms with E-state index in [-0.39, 0.29) is 6.04 Å². The molecule has 0 spiro atoms. The predicted octanol–water partition coefficient (Wildman–Crippen LogP) is 3.18. The molecule has 1 aliphatic rings. The summed E-state index contributed by atoms with van der Waals surface area (Å²) in [5.74, 6) is 0.529. The Bertz CT molecular complexity index is 552. The van der Waals surface area contributed by atoms with Gasteiger partial charge in [0.05, 0.1) is 4.90 Å². The molecule has 5 heteroatoms. The zero-order valence-corrected chi connectivity index (χ0v) is 13.3. The van der Waals surface area contributed by atoms with Crippen LogP contribution >= 0.6 is 15.9 Å². The number of aryl methyl sites for hydroxylation is 1. The van der Waals surface area contributed by atoms with Crippen LogP contribution in [0.5, 0.6) is 0 Å². The van der Waals surface area contributed by atoms with Crippen molar-refractivity contribution < 1.29 is 8.42 Å². The van der Waals surface area contributed by atoms with Crippen molar-refractivity contribution in [2.75, 3.05) is 7.05 Å². The van der Waals surface area contributed by atoms with Crippen LogP contribution in [0.4, 0.5) is 0 Å². The van der Waals surface area contributed by atoms with Gasteiger partial charge in [-0.05, 0) is 56.4 Å². The van der Waals surface area contributed by atoms with Gasteiger partial charge in [-0.3, -0.25) is 0 Å². The predicted molar refractivity (Wildman–Crippen MR) is 76.0 cm³/mol. The Kier molecular flexibility index (Phi) is 3.85. The first-order chi connectivity index (χ1) is 8.34. The zero-order valence-electron chi connectivity index (χ0n) is 10.9. The molecule has 1 atom stereocenters. The smallest absolute Gasteiger partial charge is 0.207 e. The van der Waals surface area contributed by atoms with Crippen molar-refractivity contribution in [3.8, 4) is 0 Å². The monoisotopic (exact) mass is 331 g/mol. The van der Waals surface area contributed by atoms with Gasteiger partial charge in [-0.25, -0.2) is 8.42 Å². The van der Waals surface area contributed by atoms with E-state index >= 15 is 0 Å². The lowest BCUT2D eigenvalue weighted by atomic mass is 10.2. The number of sulfonamides is 1. The van der Waals surface area contributed by atoms with Crippen LogP contribution in [0.15, 0.2) is 27.6 Å². The van der Waals surface area contributed by atoms with Gasteiger partial charge in [-0.2, -0.15) is 4.31 Å². The molecular formula is C13H18BrNO2S. The Balaban J connectivity index is 2.31. The minimum absolute atomic E-state index is 0.0824. The molecule has 1 aliphatic carbocycles. The largest absolute Gasteiger partial charge is 0.243 e. The second-order valence-electron chi connectivity index (χ2n) is 5.01. The third-order valence-corrected chi connectivity index (χ3v) is 6.51. The van der Waals surface area contributed by atoms with E-state index in [9.17, 15) is 8.42 Å². The molecule has 0 bridgehead atoms. The molecule has 18 heavy (non-hydrogen) atoms. The van der Waals surface area contributed by atoms with Crippen LogP contribution in [0.25, 0.3) is 0 Å². The molecule has 0 amide bonds. The van der Waals surface area contributed by atoms with E-state index in [1.807, 2.05) is 13.8 Å². The molecule has 0 saturated heterocycles. The summed E-state index contributed by atoms with van der Waals surface area (Å²) in [6, 6.07) is 5.24. The van der Waals surface area contributed by atoms with E-state index in [1.54, 1.807) is 25.2 Å². The Morgan fingerprint density at radius 1 is 1.39 bits per heavy atom. The van der Waals surface area contributed by atoms with Gasteiger partial charge in [0.1, 0.15) is 0 Å². The lowest BCUT2D eigenvalue weighted by Crippen LogP contribution is -2.36. The highest BCUT2D eigenvalue weighted by Gasteiger charge is 2.36. The molecule has 1 saturated carbocycles. The normalized spacial score (nSPS) is 18.1. The fourth-order valence-corrected chi connectivity index (χ4v) is 3.79. The lowest BCUT2D eigenvalue weighted by Gasteiger charge is -2.24. The molecule has 0 heterocycles. The molecule has 0 radical (unpaired) electrons. The number of hydrogen-bond donors (Lipinski definition) is 0. The Morgan fingerprint density at radius 2 is 2.00 bits per heavy atom. The summed E-state index contributed by atoms with van der Waals surface area (Å²) >= 11 is 3.39. The average molecular weight is 332 g/mol. The average Bonchev–Trinajstić information content (AvgIpc) is 3.14. The minimum Gasteiger partial charge on any atom is -0.207 e. The summed E-state index contributed by atoms with van der Waals surface area (Å²) in [7, 11) is -1.69. The molecule has 1 aromatic carbocycles. The summed E-state index contributed by atoms with van der Waals surface area (Å²) in [4.78, 5) is 0.373. The zero-order chi connectivity index (χ0) is 13.5. The van der Waals surface area contributed by atoms with Crippen LogP contribution < -0.4 is 0 Å². The third kappa shape index (κ3) is 2.63. The molecule has 0 aromatic heterocycles. The molecule has 0 aliphatic heterocycles. The van der Waals surface area contributed by atoms with Crippen LogP contribution in [-0.4, -0.2) is 25.8 Å². The van der Waals surface area contributed by atoms with Crippen LogP contribution in [0.3, 0.4) is 0 Å². The van der Waals surface area contributed by atoms with Gasteiger partial charge >= 0.3 is 0 Å². The Morgan fingerprint density at radius 3 is 2.50 bits per heavy atom. The molecule has 100 valence electrons. The van der Waals surface area contributed by atoms with Gasteiger partial charge in [-0.15, -0.1) is 0 Å². The maximum atomic E-state index is 12.5. The van der Waals surface area contributed by atoms with Gasteiger partial charge < -0.3 is 0 Å². The summed E-state index contributed by atoms with van der Waals surface area (Å²) in [6.07, 6.45) is 2.28. The second-order valence-corrected chi connectivity index (χ2v) is 7.86. The fraction of sp³-hybridized carbons (Fsp3) is 0.538. The number of nitrogens with zero attached hydrogens (tertiary/aromatic N) is 1. The van der Waals surface area contributed by atoms with Crippen LogP contribution in [0.2, 0.25) is 0 Å². The molecule has 0 N–H and O–H groups in total. The van der Waals surface area contributed by atoms with Crippen molar-refractivity contribution in [2.24, 2.45) is 5.92 Å². The number of hydrogen-bond acceptors (Lipinski definition) is 2. The number of halogens is 1. The summed E-state index contributed by atoms with van der Waals surface area (Å²) in [6.45, 7) is 3.88. The molecule has 1 unspecified atom stereocenters. The number of rotatable bonds is 4. The maximum Gasteiger partial charge on any atom is 0.243 e. The van der Waals surface area contributed by atoms with Gasteiger partial charge in [0, 0.05) is 17.6 Å². The molecule has 1 aromatic rings. The second kappa shape index (κ2) is 4.94. The van der Waals surface area contributed by atoms with E-state index in [2.05, 4.69) is 15.9 Å². The highest BCUT2D eigenvalue weighted by Crippen LogP contribution is 2.36. The van der Waals surface area contributed by atoms with Gasteiger partial charge in [-0.1, -0.05) is 15.9 Å². The first kappa shape index (κ1) is 14.0. The van der Waals surface area contributed by atoms with Gasteiger partial charge in [0.2, 0.25) is 10.0 Å². The summed E-state index contributed by atoms with van der Waals surface area (Å²) in [5.41, 5.74) is 0.934. The van der Waals surface area contributed by atoms with Crippen molar-refractivity contribution in [3.63, 3.8) is 0 Å². The Labute approximate surface area is 117 Å². The minimum atomic E-state index is -3.37. The molecular weight excluding hydrogens is 314 g/mol. The first-order valence-electron chi connectivity index (χ1n) is 6.08. The van der Waals surface area contributed by atoms with E-state index in [1.165, 1.54) is 4.31 Å². The lowest BCUT2D eigenvalue weighted by molar-refractivity contribution is 0.357. The van der Waals surface area contributed by atoms with Crippen LogP contribution in [0, 0.1) is 12.8 Å². The van der Waals surface area contributed by atoms with Crippen molar-refractivity contribution >= 4 is 26.0 Å². The van der Waals surface area contributed by atoms with Gasteiger partial charge in [0.15, 0.2) is 0 Å². The highest BCUT2D eigenvalue weighted by atomic mass is 79.9. The maximum absolute atomic E-state index is 12.5. The molecule has 1 fully saturated rings. The van der Waals surface area contributed by atoms with Crippen molar-refractivity contribution in [1.82, 2.24) is 4.31 Å². The topological polar surface area (TPSA) is 37.4 Å². The van der Waals surface area contributed by atoms with Crippen molar-refractivity contribution in [1.29, 1.82) is 0 Å². The summed E-state index contributed by atoms with van der Waals surface area (Å²) in [5, 5.41) is 0. The van der Waals surface area contributed by atoms with Crippen molar-refractivity contribution in [3.05, 3.63) is 28.2 Å². The highest BCUT2D eigenvalue weighted by molar-refractivity contribution is 9.10. The van der Waals surface area contributed by atoms with Crippen LogP contribution in [0.1, 0.15) is 25.3 Å². The van der Waals surface area contributed by atoms with E-state index in [0.717, 1.165) is 22.9 Å². The first-order valence-corrected chi connectivity index (χ1v) is 8.31. The summed E-state index contributed by atoms with van der Waals surface area (Å²) < 4.78 is 27.4. The number of benzene rings is 1. The molecule has 2 rings (SSSR count). The van der Waals surface area contributed by atoms with E-state index < -0.39 is 10.0 Å². The van der Waals surface area contributed by atoms with Gasteiger partial charge in [0.25, 0.3) is 0 Å². The van der Waals surface area contributed by atoms with Crippen molar-refractivity contribution in [2.45, 2.75) is 37.6 Å².